The number of carbonyl (C=O) groups is 2. The fourth-order valence-electron chi connectivity index (χ4n) is 3.45. The van der Waals surface area contributed by atoms with Gasteiger partial charge in [-0.15, -0.1) is 0 Å². The molecule has 2 aromatic carbocycles. The van der Waals surface area contributed by atoms with E-state index in [2.05, 4.69) is 15.9 Å². The summed E-state index contributed by atoms with van der Waals surface area (Å²) in [5.41, 5.74) is 0.792. The Labute approximate surface area is 177 Å². The van der Waals surface area contributed by atoms with Crippen molar-refractivity contribution in [1.29, 1.82) is 0 Å². The second-order valence-electron chi connectivity index (χ2n) is 7.34. The van der Waals surface area contributed by atoms with Crippen LogP contribution in [0.3, 0.4) is 0 Å². The van der Waals surface area contributed by atoms with Gasteiger partial charge in [0.15, 0.2) is 0 Å². The molecular formula is C22H22BrFN2O3. The van der Waals surface area contributed by atoms with Crippen LogP contribution >= 0.6 is 15.9 Å². The second kappa shape index (κ2) is 8.88. The van der Waals surface area contributed by atoms with Gasteiger partial charge in [0.2, 0.25) is 5.78 Å². The number of carbonyl (C=O) groups excluding carboxylic acids is 2. The van der Waals surface area contributed by atoms with Crippen LogP contribution in [0.2, 0.25) is 0 Å². The molecule has 1 unspecified atom stereocenters. The molecule has 152 valence electrons. The van der Waals surface area contributed by atoms with E-state index in [1.807, 2.05) is 14.1 Å². The second-order valence-corrected chi connectivity index (χ2v) is 8.26. The average Bonchev–Trinajstić information content (AvgIpc) is 2.93. The normalized spacial score (nSPS) is 18.7. The van der Waals surface area contributed by atoms with Crippen LogP contribution in [0.4, 0.5) is 4.39 Å². The Morgan fingerprint density at radius 2 is 1.72 bits per heavy atom. The SMILES string of the molecule is C[NH+](C)CCCN1C(=O)C(=O)/C(=C(/[O-])c2ccc(Br)cc2)C1c1ccc(F)cc1. The molecule has 0 aliphatic carbocycles. The van der Waals surface area contributed by atoms with Crippen molar-refractivity contribution in [2.45, 2.75) is 12.5 Å². The first-order chi connectivity index (χ1) is 13.8. The van der Waals surface area contributed by atoms with E-state index in [0.717, 1.165) is 11.0 Å². The highest BCUT2D eigenvalue weighted by molar-refractivity contribution is 9.10. The first kappa shape index (κ1) is 21.2. The van der Waals surface area contributed by atoms with Crippen molar-refractivity contribution in [2.24, 2.45) is 0 Å². The number of Topliss-reactive ketones (excluding diaryl/α,β-unsaturated/α-hetero) is 1. The molecule has 1 aliphatic heterocycles. The molecular weight excluding hydrogens is 439 g/mol. The Balaban J connectivity index is 2.07. The smallest absolute Gasteiger partial charge is 0.295 e. The van der Waals surface area contributed by atoms with E-state index in [0.29, 0.717) is 24.1 Å². The van der Waals surface area contributed by atoms with Crippen LogP contribution in [-0.4, -0.2) is 43.8 Å². The molecule has 1 heterocycles. The van der Waals surface area contributed by atoms with E-state index in [1.54, 1.807) is 24.3 Å². The third-order valence-electron chi connectivity index (χ3n) is 4.90. The first-order valence-corrected chi connectivity index (χ1v) is 10.2. The van der Waals surface area contributed by atoms with Crippen molar-refractivity contribution in [3.8, 4) is 0 Å². The molecule has 0 bridgehead atoms. The van der Waals surface area contributed by atoms with Gasteiger partial charge in [0, 0.05) is 23.0 Å². The quantitative estimate of drug-likeness (QED) is 0.402. The van der Waals surface area contributed by atoms with Crippen molar-refractivity contribution in [1.82, 2.24) is 4.90 Å². The van der Waals surface area contributed by atoms with Crippen LogP contribution in [-0.2, 0) is 9.59 Å². The molecule has 0 aromatic heterocycles. The summed E-state index contributed by atoms with van der Waals surface area (Å²) >= 11 is 3.32. The third-order valence-corrected chi connectivity index (χ3v) is 5.43. The summed E-state index contributed by atoms with van der Waals surface area (Å²) in [5.74, 6) is -2.38. The van der Waals surface area contributed by atoms with Crippen molar-refractivity contribution >= 4 is 33.4 Å². The highest BCUT2D eigenvalue weighted by Gasteiger charge is 2.43. The van der Waals surface area contributed by atoms with Gasteiger partial charge in [-0.2, -0.15) is 0 Å². The number of amides is 1. The zero-order chi connectivity index (χ0) is 21.1. The number of hydrogen-bond donors (Lipinski definition) is 1. The number of benzene rings is 2. The average molecular weight is 461 g/mol. The summed E-state index contributed by atoms with van der Waals surface area (Å²) < 4.78 is 14.2. The van der Waals surface area contributed by atoms with Gasteiger partial charge < -0.3 is 14.9 Å². The lowest BCUT2D eigenvalue weighted by Crippen LogP contribution is -3.05. The standard InChI is InChI=1S/C22H22BrFN2O3/c1-25(2)12-3-13-26-19(14-6-10-17(24)11-7-14)18(21(28)22(26)29)20(27)15-4-8-16(23)9-5-15/h4-11,19,27H,3,12-13H2,1-2H3/b20-18+. The number of quaternary nitrogens is 1. The molecule has 0 saturated carbocycles. The molecule has 1 N–H and O–H groups in total. The van der Waals surface area contributed by atoms with Gasteiger partial charge in [0.25, 0.3) is 5.91 Å². The van der Waals surface area contributed by atoms with Gasteiger partial charge in [0.05, 0.1) is 26.7 Å². The first-order valence-electron chi connectivity index (χ1n) is 9.36. The van der Waals surface area contributed by atoms with Crippen LogP contribution in [0.1, 0.15) is 23.6 Å². The summed E-state index contributed by atoms with van der Waals surface area (Å²) in [7, 11) is 4.01. The minimum atomic E-state index is -0.816. The monoisotopic (exact) mass is 460 g/mol. The summed E-state index contributed by atoms with van der Waals surface area (Å²) in [4.78, 5) is 28.2. The summed E-state index contributed by atoms with van der Waals surface area (Å²) in [6.07, 6.45) is 0.679. The maximum atomic E-state index is 13.4. The molecule has 29 heavy (non-hydrogen) atoms. The van der Waals surface area contributed by atoms with E-state index < -0.39 is 29.3 Å². The molecule has 0 spiro atoms. The van der Waals surface area contributed by atoms with E-state index in [4.69, 9.17) is 0 Å². The van der Waals surface area contributed by atoms with Gasteiger partial charge in [-0.1, -0.05) is 46.0 Å². The van der Waals surface area contributed by atoms with E-state index in [1.165, 1.54) is 34.1 Å². The molecule has 5 nitrogen and oxygen atoms in total. The van der Waals surface area contributed by atoms with Crippen LogP contribution in [0.5, 0.6) is 0 Å². The molecule has 1 aliphatic rings. The molecule has 1 amide bonds. The fourth-order valence-corrected chi connectivity index (χ4v) is 3.72. The van der Waals surface area contributed by atoms with Crippen LogP contribution in [0.25, 0.3) is 5.76 Å². The topological polar surface area (TPSA) is 64.9 Å². The maximum Gasteiger partial charge on any atom is 0.295 e. The van der Waals surface area contributed by atoms with Crippen molar-refractivity contribution in [3.63, 3.8) is 0 Å². The van der Waals surface area contributed by atoms with Crippen molar-refractivity contribution in [2.75, 3.05) is 27.2 Å². The van der Waals surface area contributed by atoms with Gasteiger partial charge in [-0.3, -0.25) is 9.59 Å². The molecule has 1 atom stereocenters. The highest BCUT2D eigenvalue weighted by atomic mass is 79.9. The van der Waals surface area contributed by atoms with Crippen molar-refractivity contribution in [3.05, 3.63) is 75.5 Å². The van der Waals surface area contributed by atoms with E-state index >= 15 is 0 Å². The highest BCUT2D eigenvalue weighted by Crippen LogP contribution is 2.38. The Morgan fingerprint density at radius 3 is 2.31 bits per heavy atom. The number of ketones is 1. The minimum absolute atomic E-state index is 0.0823. The summed E-state index contributed by atoms with van der Waals surface area (Å²) in [5, 5.41) is 13.2. The molecule has 1 saturated heterocycles. The van der Waals surface area contributed by atoms with Crippen LogP contribution in [0.15, 0.2) is 58.6 Å². The van der Waals surface area contributed by atoms with Gasteiger partial charge in [-0.25, -0.2) is 4.39 Å². The summed E-state index contributed by atoms with van der Waals surface area (Å²) in [6.45, 7) is 1.15. The van der Waals surface area contributed by atoms with Crippen LogP contribution in [0, 0.1) is 5.82 Å². The number of hydrogen-bond acceptors (Lipinski definition) is 3. The number of halogens is 2. The minimum Gasteiger partial charge on any atom is -0.872 e. The predicted molar refractivity (Wildman–Crippen MR) is 109 cm³/mol. The lowest BCUT2D eigenvalue weighted by atomic mass is 9.95. The lowest BCUT2D eigenvalue weighted by molar-refractivity contribution is -0.858. The van der Waals surface area contributed by atoms with Gasteiger partial charge in [-0.05, 0) is 35.4 Å². The Bertz CT molecular complexity index is 940. The largest absolute Gasteiger partial charge is 0.872 e. The fraction of sp³-hybridized carbons (Fsp3) is 0.273. The Kier molecular flexibility index (Phi) is 6.49. The summed E-state index contributed by atoms with van der Waals surface area (Å²) in [6, 6.07) is 11.4. The molecule has 2 aromatic rings. The Morgan fingerprint density at radius 1 is 1.10 bits per heavy atom. The molecule has 7 heteroatoms. The number of nitrogens with zero attached hydrogens (tertiary/aromatic N) is 1. The molecule has 0 radical (unpaired) electrons. The van der Waals surface area contributed by atoms with Crippen LogP contribution < -0.4 is 10.0 Å². The van der Waals surface area contributed by atoms with Gasteiger partial charge in [0.1, 0.15) is 5.82 Å². The third kappa shape index (κ3) is 4.57. The van der Waals surface area contributed by atoms with Gasteiger partial charge >= 0.3 is 0 Å². The number of likely N-dealkylation sites (tertiary alicyclic amines) is 1. The number of rotatable bonds is 6. The Hall–Kier alpha value is -2.51. The van der Waals surface area contributed by atoms with E-state index in [9.17, 15) is 19.1 Å². The molecule has 1 fully saturated rings. The zero-order valence-electron chi connectivity index (χ0n) is 16.2. The zero-order valence-corrected chi connectivity index (χ0v) is 17.8. The molecule has 3 rings (SSSR count). The predicted octanol–water partition coefficient (Wildman–Crippen LogP) is 1.35. The number of nitrogens with one attached hydrogen (secondary N) is 1. The van der Waals surface area contributed by atoms with E-state index in [-0.39, 0.29) is 5.57 Å². The maximum absolute atomic E-state index is 13.4. The van der Waals surface area contributed by atoms with Crippen molar-refractivity contribution < 1.29 is 24.0 Å². The lowest BCUT2D eigenvalue weighted by Gasteiger charge is -2.27.